The molecule has 0 aromatic heterocycles. The third-order valence-electron chi connectivity index (χ3n) is 3.30. The SMILES string of the molecule is NC1CCC(OCCC2CC2)CC1. The Labute approximate surface area is 80.8 Å². The highest BCUT2D eigenvalue weighted by Gasteiger charge is 2.22. The van der Waals surface area contributed by atoms with Gasteiger partial charge in [-0.1, -0.05) is 12.8 Å². The third-order valence-corrected chi connectivity index (χ3v) is 3.30. The molecule has 2 aliphatic carbocycles. The van der Waals surface area contributed by atoms with E-state index in [9.17, 15) is 0 Å². The van der Waals surface area contributed by atoms with Crippen LogP contribution in [0.1, 0.15) is 44.9 Å². The Morgan fingerprint density at radius 1 is 1.00 bits per heavy atom. The summed E-state index contributed by atoms with van der Waals surface area (Å²) < 4.78 is 5.83. The summed E-state index contributed by atoms with van der Waals surface area (Å²) in [6, 6.07) is 0.447. The molecule has 2 fully saturated rings. The summed E-state index contributed by atoms with van der Waals surface area (Å²) >= 11 is 0. The van der Waals surface area contributed by atoms with Crippen molar-refractivity contribution >= 4 is 0 Å². The van der Waals surface area contributed by atoms with Gasteiger partial charge in [0.05, 0.1) is 6.10 Å². The molecule has 2 nitrogen and oxygen atoms in total. The molecule has 2 heteroatoms. The van der Waals surface area contributed by atoms with E-state index in [1.807, 2.05) is 0 Å². The molecule has 0 unspecified atom stereocenters. The first kappa shape index (κ1) is 9.47. The van der Waals surface area contributed by atoms with Gasteiger partial charge in [0.15, 0.2) is 0 Å². The molecular formula is C11H21NO. The highest BCUT2D eigenvalue weighted by atomic mass is 16.5. The molecule has 0 amide bonds. The van der Waals surface area contributed by atoms with Gasteiger partial charge in [0.2, 0.25) is 0 Å². The first-order valence-corrected chi connectivity index (χ1v) is 5.72. The fourth-order valence-corrected chi connectivity index (χ4v) is 2.06. The molecule has 2 rings (SSSR count). The van der Waals surface area contributed by atoms with Crippen LogP contribution in [0.2, 0.25) is 0 Å². The van der Waals surface area contributed by atoms with Crippen LogP contribution in [0, 0.1) is 5.92 Å². The van der Waals surface area contributed by atoms with Crippen molar-refractivity contribution in [3.63, 3.8) is 0 Å². The molecule has 0 aromatic carbocycles. The van der Waals surface area contributed by atoms with Gasteiger partial charge in [0, 0.05) is 12.6 Å². The van der Waals surface area contributed by atoms with Crippen molar-refractivity contribution in [2.45, 2.75) is 57.1 Å². The van der Waals surface area contributed by atoms with Crippen LogP contribution in [0.25, 0.3) is 0 Å². The standard InChI is InChI=1S/C11H21NO/c12-10-3-5-11(6-4-10)13-8-7-9-1-2-9/h9-11H,1-8,12H2. The fourth-order valence-electron chi connectivity index (χ4n) is 2.06. The molecule has 2 N–H and O–H groups in total. The Hall–Kier alpha value is -0.0800. The largest absolute Gasteiger partial charge is 0.378 e. The monoisotopic (exact) mass is 183 g/mol. The first-order valence-electron chi connectivity index (χ1n) is 5.72. The molecule has 0 bridgehead atoms. The van der Waals surface area contributed by atoms with Gasteiger partial charge in [-0.3, -0.25) is 0 Å². The Morgan fingerprint density at radius 3 is 2.31 bits per heavy atom. The van der Waals surface area contributed by atoms with Crippen molar-refractivity contribution in [3.05, 3.63) is 0 Å². The van der Waals surface area contributed by atoms with Gasteiger partial charge < -0.3 is 10.5 Å². The maximum Gasteiger partial charge on any atom is 0.0576 e. The molecule has 2 aliphatic rings. The minimum atomic E-state index is 0.447. The van der Waals surface area contributed by atoms with Crippen LogP contribution >= 0.6 is 0 Å². The van der Waals surface area contributed by atoms with E-state index in [1.165, 1.54) is 32.1 Å². The maximum atomic E-state index is 5.83. The summed E-state index contributed by atoms with van der Waals surface area (Å²) in [4.78, 5) is 0. The van der Waals surface area contributed by atoms with Gasteiger partial charge in [-0.15, -0.1) is 0 Å². The quantitative estimate of drug-likeness (QED) is 0.724. The predicted octanol–water partition coefficient (Wildman–Crippen LogP) is 2.07. The van der Waals surface area contributed by atoms with Gasteiger partial charge in [0.1, 0.15) is 0 Å². The Morgan fingerprint density at radius 2 is 1.69 bits per heavy atom. The summed E-state index contributed by atoms with van der Waals surface area (Å²) in [5.74, 6) is 1.01. The zero-order valence-electron chi connectivity index (χ0n) is 8.37. The first-order chi connectivity index (χ1) is 6.34. The summed E-state index contributed by atoms with van der Waals surface area (Å²) in [6.07, 6.45) is 9.40. The second-order valence-electron chi connectivity index (χ2n) is 4.64. The van der Waals surface area contributed by atoms with Crippen molar-refractivity contribution in [1.82, 2.24) is 0 Å². The van der Waals surface area contributed by atoms with Gasteiger partial charge in [-0.2, -0.15) is 0 Å². The number of hydrogen-bond donors (Lipinski definition) is 1. The van der Waals surface area contributed by atoms with Crippen molar-refractivity contribution in [3.8, 4) is 0 Å². The zero-order chi connectivity index (χ0) is 9.10. The summed E-state index contributed by atoms with van der Waals surface area (Å²) in [7, 11) is 0. The average molecular weight is 183 g/mol. The van der Waals surface area contributed by atoms with E-state index in [4.69, 9.17) is 10.5 Å². The van der Waals surface area contributed by atoms with Gasteiger partial charge in [0.25, 0.3) is 0 Å². The molecule has 2 saturated carbocycles. The minimum Gasteiger partial charge on any atom is -0.378 e. The highest BCUT2D eigenvalue weighted by Crippen LogP contribution is 2.32. The number of rotatable bonds is 4. The smallest absolute Gasteiger partial charge is 0.0576 e. The summed E-state index contributed by atoms with van der Waals surface area (Å²) in [6.45, 7) is 0.991. The second kappa shape index (κ2) is 4.43. The maximum absolute atomic E-state index is 5.83. The van der Waals surface area contributed by atoms with Crippen LogP contribution < -0.4 is 5.73 Å². The van der Waals surface area contributed by atoms with Gasteiger partial charge in [-0.05, 0) is 38.0 Å². The molecule has 0 aromatic rings. The lowest BCUT2D eigenvalue weighted by atomic mass is 9.94. The van der Waals surface area contributed by atoms with Gasteiger partial charge >= 0.3 is 0 Å². The van der Waals surface area contributed by atoms with Crippen molar-refractivity contribution in [2.24, 2.45) is 11.7 Å². The molecule has 13 heavy (non-hydrogen) atoms. The Balaban J connectivity index is 1.53. The molecule has 0 aliphatic heterocycles. The normalized spacial score (nSPS) is 34.8. The van der Waals surface area contributed by atoms with Crippen LogP contribution in [0.5, 0.6) is 0 Å². The summed E-state index contributed by atoms with van der Waals surface area (Å²) in [5.41, 5.74) is 5.83. The van der Waals surface area contributed by atoms with E-state index in [0.29, 0.717) is 12.1 Å². The van der Waals surface area contributed by atoms with Gasteiger partial charge in [-0.25, -0.2) is 0 Å². The Bertz CT molecular complexity index is 148. The molecule has 0 saturated heterocycles. The van der Waals surface area contributed by atoms with Crippen LogP contribution in [-0.2, 0) is 4.74 Å². The number of hydrogen-bond acceptors (Lipinski definition) is 2. The van der Waals surface area contributed by atoms with Crippen LogP contribution in [0.15, 0.2) is 0 Å². The average Bonchev–Trinajstić information content (AvgIpc) is 2.92. The molecular weight excluding hydrogens is 162 g/mol. The van der Waals surface area contributed by atoms with E-state index < -0.39 is 0 Å². The van der Waals surface area contributed by atoms with E-state index >= 15 is 0 Å². The zero-order valence-corrected chi connectivity index (χ0v) is 8.37. The molecule has 0 heterocycles. The van der Waals surface area contributed by atoms with Crippen molar-refractivity contribution < 1.29 is 4.74 Å². The van der Waals surface area contributed by atoms with E-state index in [1.54, 1.807) is 0 Å². The predicted molar refractivity (Wildman–Crippen MR) is 53.5 cm³/mol. The summed E-state index contributed by atoms with van der Waals surface area (Å²) in [5, 5.41) is 0. The number of nitrogens with two attached hydrogens (primary N) is 1. The van der Waals surface area contributed by atoms with Crippen LogP contribution in [-0.4, -0.2) is 18.8 Å². The van der Waals surface area contributed by atoms with Crippen molar-refractivity contribution in [2.75, 3.05) is 6.61 Å². The van der Waals surface area contributed by atoms with Crippen molar-refractivity contribution in [1.29, 1.82) is 0 Å². The van der Waals surface area contributed by atoms with Crippen LogP contribution in [0.3, 0.4) is 0 Å². The molecule has 76 valence electrons. The lowest BCUT2D eigenvalue weighted by molar-refractivity contribution is 0.0221. The highest BCUT2D eigenvalue weighted by molar-refractivity contribution is 4.76. The third kappa shape index (κ3) is 3.28. The minimum absolute atomic E-state index is 0.447. The molecule has 0 atom stereocenters. The lowest BCUT2D eigenvalue weighted by Gasteiger charge is -2.26. The Kier molecular flexibility index (Phi) is 3.23. The van der Waals surface area contributed by atoms with E-state index in [0.717, 1.165) is 25.4 Å². The van der Waals surface area contributed by atoms with Crippen LogP contribution in [0.4, 0.5) is 0 Å². The molecule has 0 radical (unpaired) electrons. The fraction of sp³-hybridized carbons (Fsp3) is 1.00. The lowest BCUT2D eigenvalue weighted by Crippen LogP contribution is -2.30. The van der Waals surface area contributed by atoms with E-state index in [2.05, 4.69) is 0 Å². The van der Waals surface area contributed by atoms with E-state index in [-0.39, 0.29) is 0 Å². The topological polar surface area (TPSA) is 35.2 Å². The second-order valence-corrected chi connectivity index (χ2v) is 4.64. The molecule has 0 spiro atoms. The number of ether oxygens (including phenoxy) is 1.